The van der Waals surface area contributed by atoms with Crippen LogP contribution in [0.2, 0.25) is 0 Å². The second kappa shape index (κ2) is 12.9. The molecule has 0 aliphatic heterocycles. The molecule has 32 heavy (non-hydrogen) atoms. The summed E-state index contributed by atoms with van der Waals surface area (Å²) in [6.07, 6.45) is 7.68. The first-order valence-electron chi connectivity index (χ1n) is 11.0. The molecule has 2 rings (SSSR count). The van der Waals surface area contributed by atoms with Gasteiger partial charge in [0.05, 0.1) is 25.9 Å². The van der Waals surface area contributed by atoms with Crippen molar-refractivity contribution in [2.75, 3.05) is 25.6 Å². The van der Waals surface area contributed by atoms with E-state index in [2.05, 4.69) is 12.2 Å². The Labute approximate surface area is 194 Å². The Bertz CT molecular complexity index is 948. The van der Waals surface area contributed by atoms with Gasteiger partial charge in [-0.05, 0) is 56.5 Å². The minimum absolute atomic E-state index is 0.279. The number of ether oxygens (including phenoxy) is 3. The Morgan fingerprint density at radius 2 is 1.88 bits per heavy atom. The van der Waals surface area contributed by atoms with Gasteiger partial charge in [0.1, 0.15) is 5.00 Å². The third-order valence-electron chi connectivity index (χ3n) is 4.97. The zero-order valence-electron chi connectivity index (χ0n) is 19.6. The highest BCUT2D eigenvalue weighted by Crippen LogP contribution is 2.33. The molecule has 0 spiro atoms. The maximum atomic E-state index is 12.5. The number of hydrogen-bond acceptors (Lipinski definition) is 6. The molecule has 2 aromatic rings. The Hall–Kier alpha value is -2.80. The van der Waals surface area contributed by atoms with Crippen molar-refractivity contribution in [1.29, 1.82) is 0 Å². The van der Waals surface area contributed by atoms with Crippen LogP contribution in [0.4, 0.5) is 5.00 Å². The second-order valence-corrected chi connectivity index (χ2v) is 8.57. The fraction of sp³-hybridized carbons (Fsp3) is 0.440. The fourth-order valence-corrected chi connectivity index (χ4v) is 4.16. The molecule has 1 aromatic carbocycles. The van der Waals surface area contributed by atoms with Crippen LogP contribution in [0.25, 0.3) is 6.08 Å². The lowest BCUT2D eigenvalue weighted by atomic mass is 10.1. The maximum Gasteiger partial charge on any atom is 0.341 e. The number of anilines is 1. The quantitative estimate of drug-likeness (QED) is 0.234. The maximum absolute atomic E-state index is 12.5. The van der Waals surface area contributed by atoms with E-state index in [4.69, 9.17) is 14.2 Å². The van der Waals surface area contributed by atoms with Crippen molar-refractivity contribution in [3.05, 3.63) is 45.8 Å². The van der Waals surface area contributed by atoms with Crippen molar-refractivity contribution >= 4 is 34.3 Å². The Balaban J connectivity index is 2.05. The average Bonchev–Trinajstić information content (AvgIpc) is 3.05. The largest absolute Gasteiger partial charge is 0.493 e. The summed E-state index contributed by atoms with van der Waals surface area (Å²) >= 11 is 1.36. The molecule has 0 bridgehead atoms. The summed E-state index contributed by atoms with van der Waals surface area (Å²) in [7, 11) is 1.60. The Morgan fingerprint density at radius 3 is 2.56 bits per heavy atom. The van der Waals surface area contributed by atoms with Crippen LogP contribution in [0, 0.1) is 13.8 Å². The van der Waals surface area contributed by atoms with E-state index in [0.29, 0.717) is 28.7 Å². The van der Waals surface area contributed by atoms with Crippen molar-refractivity contribution < 1.29 is 23.8 Å². The lowest BCUT2D eigenvalue weighted by Crippen LogP contribution is -2.12. The van der Waals surface area contributed by atoms with Gasteiger partial charge in [0.15, 0.2) is 11.5 Å². The molecule has 0 radical (unpaired) electrons. The smallest absolute Gasteiger partial charge is 0.341 e. The first-order valence-corrected chi connectivity index (χ1v) is 11.8. The predicted octanol–water partition coefficient (Wildman–Crippen LogP) is 6.16. The molecule has 0 unspecified atom stereocenters. The topological polar surface area (TPSA) is 73.9 Å². The number of carbonyl (C=O) groups excluding carboxylic acids is 2. The van der Waals surface area contributed by atoms with E-state index < -0.39 is 5.97 Å². The first-order chi connectivity index (χ1) is 15.4. The summed E-state index contributed by atoms with van der Waals surface area (Å²) in [4.78, 5) is 25.7. The minimum atomic E-state index is -0.427. The number of rotatable bonds is 12. The van der Waals surface area contributed by atoms with Crippen molar-refractivity contribution in [2.45, 2.75) is 53.4 Å². The van der Waals surface area contributed by atoms with Crippen molar-refractivity contribution in [2.24, 2.45) is 0 Å². The number of methoxy groups -OCH3 is 1. The van der Waals surface area contributed by atoms with Gasteiger partial charge in [0.2, 0.25) is 5.91 Å². The molecule has 1 heterocycles. The van der Waals surface area contributed by atoms with E-state index in [9.17, 15) is 9.59 Å². The molecule has 0 saturated carbocycles. The third kappa shape index (κ3) is 7.12. The highest BCUT2D eigenvalue weighted by atomic mass is 32.1. The second-order valence-electron chi connectivity index (χ2n) is 7.35. The van der Waals surface area contributed by atoms with E-state index in [1.807, 2.05) is 32.0 Å². The molecule has 1 aromatic heterocycles. The standard InChI is InChI=1S/C25H33NO5S/c1-6-8-9-10-15-31-20-13-11-19(16-21(20)29-5)12-14-22(27)26-24-23(25(28)30-7-2)17(3)18(4)32-24/h11-14,16H,6-10,15H2,1-5H3,(H,26,27)/b14-12+. The van der Waals surface area contributed by atoms with Crippen LogP contribution >= 0.6 is 11.3 Å². The number of esters is 1. The van der Waals surface area contributed by atoms with Gasteiger partial charge in [-0.25, -0.2) is 4.79 Å². The summed E-state index contributed by atoms with van der Waals surface area (Å²) in [6, 6.07) is 5.55. The highest BCUT2D eigenvalue weighted by molar-refractivity contribution is 7.16. The highest BCUT2D eigenvalue weighted by Gasteiger charge is 2.21. The van der Waals surface area contributed by atoms with Crippen LogP contribution in [0.15, 0.2) is 24.3 Å². The lowest BCUT2D eigenvalue weighted by molar-refractivity contribution is -0.111. The number of thiophene rings is 1. The monoisotopic (exact) mass is 459 g/mol. The number of carbonyl (C=O) groups is 2. The summed E-state index contributed by atoms with van der Waals surface area (Å²) in [5.41, 5.74) is 2.04. The molecule has 0 fully saturated rings. The van der Waals surface area contributed by atoms with Crippen molar-refractivity contribution in [3.8, 4) is 11.5 Å². The van der Waals surface area contributed by atoms with Gasteiger partial charge < -0.3 is 19.5 Å². The van der Waals surface area contributed by atoms with Crippen LogP contribution < -0.4 is 14.8 Å². The molecule has 0 atom stereocenters. The van der Waals surface area contributed by atoms with Gasteiger partial charge in [-0.1, -0.05) is 32.3 Å². The first kappa shape index (κ1) is 25.5. The van der Waals surface area contributed by atoms with Gasteiger partial charge in [0.25, 0.3) is 0 Å². The van der Waals surface area contributed by atoms with E-state index in [1.54, 1.807) is 20.1 Å². The molecular formula is C25H33NO5S. The molecule has 0 aliphatic carbocycles. The van der Waals surface area contributed by atoms with Gasteiger partial charge in [-0.15, -0.1) is 11.3 Å². The van der Waals surface area contributed by atoms with Crippen LogP contribution in [-0.2, 0) is 9.53 Å². The SMILES string of the molecule is CCCCCCOc1ccc(/C=C/C(=O)Nc2sc(C)c(C)c2C(=O)OCC)cc1OC. The van der Waals surface area contributed by atoms with Gasteiger partial charge in [-0.2, -0.15) is 0 Å². The molecule has 0 saturated heterocycles. The number of unbranched alkanes of at least 4 members (excludes halogenated alkanes) is 3. The van der Waals surface area contributed by atoms with E-state index in [-0.39, 0.29) is 12.5 Å². The number of amides is 1. The molecule has 6 nitrogen and oxygen atoms in total. The number of aryl methyl sites for hydroxylation is 1. The Kier molecular flexibility index (Phi) is 10.3. The number of nitrogens with one attached hydrogen (secondary N) is 1. The van der Waals surface area contributed by atoms with Crippen LogP contribution in [-0.4, -0.2) is 32.2 Å². The van der Waals surface area contributed by atoms with E-state index in [0.717, 1.165) is 28.8 Å². The average molecular weight is 460 g/mol. The Morgan fingerprint density at radius 1 is 1.09 bits per heavy atom. The fourth-order valence-electron chi connectivity index (χ4n) is 3.11. The lowest BCUT2D eigenvalue weighted by Gasteiger charge is -2.11. The van der Waals surface area contributed by atoms with E-state index >= 15 is 0 Å². The van der Waals surface area contributed by atoms with Crippen LogP contribution in [0.5, 0.6) is 11.5 Å². The summed E-state index contributed by atoms with van der Waals surface area (Å²) < 4.78 is 16.4. The van der Waals surface area contributed by atoms with Gasteiger partial charge >= 0.3 is 5.97 Å². The summed E-state index contributed by atoms with van der Waals surface area (Å²) in [6.45, 7) is 8.62. The summed E-state index contributed by atoms with van der Waals surface area (Å²) in [5, 5.41) is 3.30. The number of hydrogen-bond donors (Lipinski definition) is 1. The molecular weight excluding hydrogens is 426 g/mol. The molecule has 174 valence electrons. The number of benzene rings is 1. The molecule has 1 amide bonds. The van der Waals surface area contributed by atoms with Crippen LogP contribution in [0.1, 0.15) is 65.9 Å². The minimum Gasteiger partial charge on any atom is -0.493 e. The predicted molar refractivity (Wildman–Crippen MR) is 130 cm³/mol. The molecule has 0 aliphatic rings. The van der Waals surface area contributed by atoms with Gasteiger partial charge in [0, 0.05) is 11.0 Å². The zero-order valence-corrected chi connectivity index (χ0v) is 20.4. The zero-order chi connectivity index (χ0) is 23.5. The van der Waals surface area contributed by atoms with Gasteiger partial charge in [-0.3, -0.25) is 4.79 Å². The van der Waals surface area contributed by atoms with Crippen molar-refractivity contribution in [3.63, 3.8) is 0 Å². The third-order valence-corrected chi connectivity index (χ3v) is 6.09. The molecule has 7 heteroatoms. The summed E-state index contributed by atoms with van der Waals surface area (Å²) in [5.74, 6) is 0.557. The van der Waals surface area contributed by atoms with E-state index in [1.165, 1.54) is 30.3 Å². The van der Waals surface area contributed by atoms with Crippen molar-refractivity contribution in [1.82, 2.24) is 0 Å². The normalized spacial score (nSPS) is 10.9. The molecule has 1 N–H and O–H groups in total. The van der Waals surface area contributed by atoms with Crippen LogP contribution in [0.3, 0.4) is 0 Å².